The van der Waals surface area contributed by atoms with Crippen LogP contribution in [0.1, 0.15) is 24.2 Å². The molecule has 0 fully saturated rings. The molecule has 0 heterocycles. The third-order valence-corrected chi connectivity index (χ3v) is 2.06. The smallest absolute Gasteiger partial charge is 0.251 e. The standard InChI is InChI=1S/C11H15ClN2O/c1-11(2,13)7-14-10(15)8-3-5-9(12)6-4-8/h3-6H,7,13H2,1-2H3,(H,14,15). The van der Waals surface area contributed by atoms with Gasteiger partial charge in [0.15, 0.2) is 0 Å². The summed E-state index contributed by atoms with van der Waals surface area (Å²) in [6.07, 6.45) is 0. The summed E-state index contributed by atoms with van der Waals surface area (Å²) in [4.78, 5) is 11.6. The molecule has 1 aromatic carbocycles. The highest BCUT2D eigenvalue weighted by Gasteiger charge is 2.12. The molecule has 0 spiro atoms. The van der Waals surface area contributed by atoms with Gasteiger partial charge in [0.25, 0.3) is 5.91 Å². The molecule has 0 aliphatic carbocycles. The van der Waals surface area contributed by atoms with Crippen LogP contribution in [0.2, 0.25) is 5.02 Å². The summed E-state index contributed by atoms with van der Waals surface area (Å²) >= 11 is 5.71. The van der Waals surface area contributed by atoms with Crippen LogP contribution in [0.25, 0.3) is 0 Å². The molecule has 1 amide bonds. The van der Waals surface area contributed by atoms with Crippen molar-refractivity contribution in [1.29, 1.82) is 0 Å². The number of rotatable bonds is 3. The number of hydrogen-bond acceptors (Lipinski definition) is 2. The molecule has 3 N–H and O–H groups in total. The number of carbonyl (C=O) groups excluding carboxylic acids is 1. The lowest BCUT2D eigenvalue weighted by molar-refractivity contribution is 0.0946. The SMILES string of the molecule is CC(C)(N)CNC(=O)c1ccc(Cl)cc1. The van der Waals surface area contributed by atoms with Crippen LogP contribution >= 0.6 is 11.6 Å². The van der Waals surface area contributed by atoms with Crippen LogP contribution in [0.3, 0.4) is 0 Å². The minimum absolute atomic E-state index is 0.134. The summed E-state index contributed by atoms with van der Waals surface area (Å²) in [5, 5.41) is 3.37. The van der Waals surface area contributed by atoms with Gasteiger partial charge >= 0.3 is 0 Å². The zero-order chi connectivity index (χ0) is 11.5. The minimum Gasteiger partial charge on any atom is -0.350 e. The lowest BCUT2D eigenvalue weighted by atomic mass is 10.1. The average molecular weight is 227 g/mol. The van der Waals surface area contributed by atoms with Gasteiger partial charge in [-0.05, 0) is 38.1 Å². The van der Waals surface area contributed by atoms with E-state index in [4.69, 9.17) is 17.3 Å². The summed E-state index contributed by atoms with van der Waals surface area (Å²) < 4.78 is 0. The summed E-state index contributed by atoms with van der Waals surface area (Å²) in [6.45, 7) is 4.15. The van der Waals surface area contributed by atoms with E-state index in [1.54, 1.807) is 24.3 Å². The van der Waals surface area contributed by atoms with E-state index in [9.17, 15) is 4.79 Å². The predicted molar refractivity (Wildman–Crippen MR) is 62.1 cm³/mol. The summed E-state index contributed by atoms with van der Waals surface area (Å²) in [5.41, 5.74) is 5.94. The quantitative estimate of drug-likeness (QED) is 0.826. The predicted octanol–water partition coefficient (Wildman–Crippen LogP) is 1.81. The van der Waals surface area contributed by atoms with Crippen molar-refractivity contribution in [1.82, 2.24) is 5.32 Å². The summed E-state index contributed by atoms with van der Waals surface area (Å²) in [7, 11) is 0. The van der Waals surface area contributed by atoms with Crippen LogP contribution in [-0.2, 0) is 0 Å². The number of nitrogens with two attached hydrogens (primary N) is 1. The largest absolute Gasteiger partial charge is 0.350 e. The van der Waals surface area contributed by atoms with E-state index in [2.05, 4.69) is 5.32 Å². The van der Waals surface area contributed by atoms with Crippen molar-refractivity contribution < 1.29 is 4.79 Å². The molecule has 15 heavy (non-hydrogen) atoms. The van der Waals surface area contributed by atoms with E-state index in [0.29, 0.717) is 17.1 Å². The third-order valence-electron chi connectivity index (χ3n) is 1.81. The maximum atomic E-state index is 11.6. The second-order valence-electron chi connectivity index (χ2n) is 4.18. The normalized spacial score (nSPS) is 11.2. The lowest BCUT2D eigenvalue weighted by Crippen LogP contribution is -2.45. The zero-order valence-electron chi connectivity index (χ0n) is 8.88. The Bertz CT molecular complexity index is 341. The number of amides is 1. The number of carbonyl (C=O) groups is 1. The fraction of sp³-hybridized carbons (Fsp3) is 0.364. The fourth-order valence-electron chi connectivity index (χ4n) is 1.01. The Kier molecular flexibility index (Phi) is 3.72. The van der Waals surface area contributed by atoms with Crippen molar-refractivity contribution in [3.63, 3.8) is 0 Å². The number of benzene rings is 1. The Morgan fingerprint density at radius 3 is 2.40 bits per heavy atom. The molecule has 1 rings (SSSR count). The Labute approximate surface area is 94.6 Å². The molecule has 0 saturated carbocycles. The molecule has 0 bridgehead atoms. The Morgan fingerprint density at radius 1 is 1.40 bits per heavy atom. The molecule has 0 unspecified atom stereocenters. The Hall–Kier alpha value is -1.06. The van der Waals surface area contributed by atoms with Crippen LogP contribution in [0.5, 0.6) is 0 Å². The lowest BCUT2D eigenvalue weighted by Gasteiger charge is -2.18. The van der Waals surface area contributed by atoms with Crippen LogP contribution in [0.4, 0.5) is 0 Å². The Balaban J connectivity index is 2.58. The first-order valence-corrected chi connectivity index (χ1v) is 5.09. The van der Waals surface area contributed by atoms with Crippen LogP contribution in [-0.4, -0.2) is 18.0 Å². The molecule has 4 heteroatoms. The molecular formula is C11H15ClN2O. The van der Waals surface area contributed by atoms with Crippen LogP contribution in [0, 0.1) is 0 Å². The van der Waals surface area contributed by atoms with Gasteiger partial charge in [-0.3, -0.25) is 4.79 Å². The van der Waals surface area contributed by atoms with E-state index in [1.807, 2.05) is 13.8 Å². The minimum atomic E-state index is -0.401. The van der Waals surface area contributed by atoms with Crippen molar-refractivity contribution in [2.75, 3.05) is 6.54 Å². The maximum absolute atomic E-state index is 11.6. The first-order valence-electron chi connectivity index (χ1n) is 4.71. The molecule has 0 aliphatic heterocycles. The van der Waals surface area contributed by atoms with Crippen molar-refractivity contribution in [3.05, 3.63) is 34.9 Å². The van der Waals surface area contributed by atoms with Gasteiger partial charge in [0, 0.05) is 22.7 Å². The molecule has 1 aromatic rings. The van der Waals surface area contributed by atoms with Gasteiger partial charge in [-0.2, -0.15) is 0 Å². The van der Waals surface area contributed by atoms with Gasteiger partial charge in [-0.15, -0.1) is 0 Å². The number of hydrogen-bond donors (Lipinski definition) is 2. The van der Waals surface area contributed by atoms with Gasteiger partial charge in [-0.1, -0.05) is 11.6 Å². The van der Waals surface area contributed by atoms with Gasteiger partial charge in [0.05, 0.1) is 0 Å². The van der Waals surface area contributed by atoms with E-state index in [0.717, 1.165) is 0 Å². The first-order chi connectivity index (χ1) is 6.88. The second-order valence-corrected chi connectivity index (χ2v) is 4.61. The van der Waals surface area contributed by atoms with Gasteiger partial charge < -0.3 is 11.1 Å². The van der Waals surface area contributed by atoms with Crippen LogP contribution < -0.4 is 11.1 Å². The van der Waals surface area contributed by atoms with Gasteiger partial charge in [-0.25, -0.2) is 0 Å². The van der Waals surface area contributed by atoms with E-state index >= 15 is 0 Å². The third kappa shape index (κ3) is 4.32. The summed E-state index contributed by atoms with van der Waals surface area (Å²) in [6, 6.07) is 6.73. The average Bonchev–Trinajstić information content (AvgIpc) is 2.14. The van der Waals surface area contributed by atoms with Crippen molar-refractivity contribution >= 4 is 17.5 Å². The molecular weight excluding hydrogens is 212 g/mol. The van der Waals surface area contributed by atoms with Crippen molar-refractivity contribution in [2.45, 2.75) is 19.4 Å². The first kappa shape index (κ1) is 12.0. The Morgan fingerprint density at radius 2 is 1.93 bits per heavy atom. The molecule has 0 saturated heterocycles. The topological polar surface area (TPSA) is 55.1 Å². The van der Waals surface area contributed by atoms with Gasteiger partial charge in [0.2, 0.25) is 0 Å². The van der Waals surface area contributed by atoms with Gasteiger partial charge in [0.1, 0.15) is 0 Å². The maximum Gasteiger partial charge on any atom is 0.251 e. The molecule has 0 atom stereocenters. The van der Waals surface area contributed by atoms with Crippen LogP contribution in [0.15, 0.2) is 24.3 Å². The van der Waals surface area contributed by atoms with E-state index in [1.165, 1.54) is 0 Å². The molecule has 82 valence electrons. The van der Waals surface area contributed by atoms with Crippen molar-refractivity contribution in [2.24, 2.45) is 5.73 Å². The zero-order valence-corrected chi connectivity index (χ0v) is 9.64. The fourth-order valence-corrected chi connectivity index (χ4v) is 1.14. The number of nitrogens with one attached hydrogen (secondary N) is 1. The molecule has 0 aliphatic rings. The highest BCUT2D eigenvalue weighted by atomic mass is 35.5. The highest BCUT2D eigenvalue weighted by molar-refractivity contribution is 6.30. The van der Waals surface area contributed by atoms with Crippen molar-refractivity contribution in [3.8, 4) is 0 Å². The van der Waals surface area contributed by atoms with E-state index in [-0.39, 0.29) is 5.91 Å². The number of halogens is 1. The van der Waals surface area contributed by atoms with E-state index < -0.39 is 5.54 Å². The second kappa shape index (κ2) is 4.64. The molecule has 0 radical (unpaired) electrons. The molecule has 0 aromatic heterocycles. The summed E-state index contributed by atoms with van der Waals surface area (Å²) in [5.74, 6) is -0.134. The highest BCUT2D eigenvalue weighted by Crippen LogP contribution is 2.09. The molecule has 3 nitrogen and oxygen atoms in total. The monoisotopic (exact) mass is 226 g/mol.